The number of amides is 2. The molecule has 1 aromatic rings. The molecule has 0 N–H and O–H groups in total. The summed E-state index contributed by atoms with van der Waals surface area (Å²) in [5.41, 5.74) is 0.0178. The van der Waals surface area contributed by atoms with Gasteiger partial charge in [-0.25, -0.2) is 0 Å². The quantitative estimate of drug-likeness (QED) is 0.247. The van der Waals surface area contributed by atoms with Crippen molar-refractivity contribution in [2.75, 3.05) is 14.2 Å². The van der Waals surface area contributed by atoms with Crippen LogP contribution < -0.4 is 9.47 Å². The lowest BCUT2D eigenvalue weighted by Gasteiger charge is -2.37. The Hall–Kier alpha value is -3.23. The van der Waals surface area contributed by atoms with E-state index < -0.39 is 4.92 Å². The predicted molar refractivity (Wildman–Crippen MR) is 100 cm³/mol. The van der Waals surface area contributed by atoms with Crippen molar-refractivity contribution in [1.82, 2.24) is 5.01 Å². The molecule has 150 valence electrons. The van der Waals surface area contributed by atoms with Crippen molar-refractivity contribution < 1.29 is 24.0 Å². The van der Waals surface area contributed by atoms with Crippen LogP contribution in [-0.4, -0.2) is 42.2 Å². The number of imide groups is 1. The smallest absolute Gasteiger partial charge is 0.311 e. The van der Waals surface area contributed by atoms with Crippen molar-refractivity contribution in [2.24, 2.45) is 40.6 Å². The second kappa shape index (κ2) is 6.13. The Morgan fingerprint density at radius 2 is 1.66 bits per heavy atom. The van der Waals surface area contributed by atoms with Crippen molar-refractivity contribution in [3.05, 3.63) is 40.0 Å². The highest BCUT2D eigenvalue weighted by molar-refractivity contribution is 6.06. The standard InChI is InChI=1S/C20H19N3O6/c1-28-15-7-16(29-2)14(23(26)27)5-9(15)8-21-22-19(24)17-10-3-4-11(13-6-12(10)13)18(17)20(22)25/h3-5,7-8,10-13,17-18H,6H2,1-2H3/b21-8-/t10-,11-,12-,13-,17-,18+/m0/s1. The molecule has 1 aromatic carbocycles. The summed E-state index contributed by atoms with van der Waals surface area (Å²) in [5.74, 6) is 0.321. The number of carbonyl (C=O) groups excluding carboxylic acids is 2. The van der Waals surface area contributed by atoms with E-state index in [0.29, 0.717) is 11.8 Å². The highest BCUT2D eigenvalue weighted by atomic mass is 16.6. The number of hydrogen-bond acceptors (Lipinski definition) is 7. The van der Waals surface area contributed by atoms with Gasteiger partial charge in [0, 0.05) is 17.7 Å². The minimum absolute atomic E-state index is 0.0465. The van der Waals surface area contributed by atoms with Crippen molar-refractivity contribution in [1.29, 1.82) is 0 Å². The van der Waals surface area contributed by atoms with Crippen LogP contribution in [0.25, 0.3) is 0 Å². The van der Waals surface area contributed by atoms with Gasteiger partial charge in [-0.15, -0.1) is 0 Å². The average Bonchev–Trinajstić information content (AvgIpc) is 3.50. The minimum Gasteiger partial charge on any atom is -0.496 e. The van der Waals surface area contributed by atoms with Gasteiger partial charge in [-0.1, -0.05) is 12.2 Å². The number of hydrogen-bond donors (Lipinski definition) is 0. The van der Waals surface area contributed by atoms with Gasteiger partial charge in [-0.2, -0.15) is 10.1 Å². The molecule has 4 aliphatic carbocycles. The van der Waals surface area contributed by atoms with Crippen LogP contribution in [0.1, 0.15) is 12.0 Å². The van der Waals surface area contributed by atoms with E-state index in [9.17, 15) is 19.7 Å². The van der Waals surface area contributed by atoms with Gasteiger partial charge >= 0.3 is 5.69 Å². The molecule has 5 aliphatic rings. The van der Waals surface area contributed by atoms with Crippen LogP contribution in [0.3, 0.4) is 0 Å². The largest absolute Gasteiger partial charge is 0.496 e. The zero-order valence-corrected chi connectivity index (χ0v) is 15.8. The zero-order chi connectivity index (χ0) is 20.4. The topological polar surface area (TPSA) is 111 Å². The summed E-state index contributed by atoms with van der Waals surface area (Å²) in [5, 5.41) is 16.3. The van der Waals surface area contributed by atoms with Crippen LogP contribution in [0.5, 0.6) is 11.5 Å². The molecule has 2 amide bonds. The van der Waals surface area contributed by atoms with Gasteiger partial charge in [-0.3, -0.25) is 19.7 Å². The van der Waals surface area contributed by atoms with Gasteiger partial charge in [0.05, 0.1) is 37.2 Å². The fraction of sp³-hybridized carbons (Fsp3) is 0.450. The van der Waals surface area contributed by atoms with Crippen LogP contribution in [0.2, 0.25) is 0 Å². The summed E-state index contributed by atoms with van der Waals surface area (Å²) in [4.78, 5) is 36.6. The van der Waals surface area contributed by atoms with Gasteiger partial charge < -0.3 is 9.47 Å². The van der Waals surface area contributed by atoms with Gasteiger partial charge in [0.15, 0.2) is 0 Å². The van der Waals surface area contributed by atoms with E-state index in [2.05, 4.69) is 17.3 Å². The number of carbonyl (C=O) groups is 2. The van der Waals surface area contributed by atoms with Crippen molar-refractivity contribution in [3.8, 4) is 11.5 Å². The summed E-state index contributed by atoms with van der Waals surface area (Å²) < 4.78 is 10.3. The summed E-state index contributed by atoms with van der Waals surface area (Å²) in [7, 11) is 2.74. The normalized spacial score (nSPS) is 33.8. The molecule has 0 spiro atoms. The van der Waals surface area contributed by atoms with Crippen LogP contribution in [0.15, 0.2) is 29.4 Å². The zero-order valence-electron chi connectivity index (χ0n) is 15.8. The Morgan fingerprint density at radius 1 is 1.07 bits per heavy atom. The van der Waals surface area contributed by atoms with Gasteiger partial charge in [-0.05, 0) is 30.1 Å². The van der Waals surface area contributed by atoms with E-state index in [4.69, 9.17) is 9.47 Å². The van der Waals surface area contributed by atoms with Crippen molar-refractivity contribution in [3.63, 3.8) is 0 Å². The van der Waals surface area contributed by atoms with Crippen molar-refractivity contribution >= 4 is 23.7 Å². The molecule has 29 heavy (non-hydrogen) atoms. The molecule has 9 heteroatoms. The molecule has 2 saturated carbocycles. The highest BCUT2D eigenvalue weighted by Gasteiger charge is 2.67. The third kappa shape index (κ3) is 2.43. The maximum Gasteiger partial charge on any atom is 0.311 e. The Bertz CT molecular complexity index is 966. The lowest BCUT2D eigenvalue weighted by Crippen LogP contribution is -2.40. The molecule has 6 atom stereocenters. The summed E-state index contributed by atoms with van der Waals surface area (Å²) in [6.07, 6.45) is 6.53. The second-order valence-electron chi connectivity index (χ2n) is 7.91. The lowest BCUT2D eigenvalue weighted by molar-refractivity contribution is -0.385. The Balaban J connectivity index is 1.47. The van der Waals surface area contributed by atoms with Crippen LogP contribution in [0.4, 0.5) is 5.69 Å². The molecule has 3 fully saturated rings. The van der Waals surface area contributed by atoms with Crippen LogP contribution >= 0.6 is 0 Å². The number of nitrogens with zero attached hydrogens (tertiary/aromatic N) is 3. The average molecular weight is 397 g/mol. The minimum atomic E-state index is -0.577. The van der Waals surface area contributed by atoms with E-state index in [0.717, 1.165) is 11.4 Å². The summed E-state index contributed by atoms with van der Waals surface area (Å²) in [6, 6.07) is 2.63. The number of rotatable bonds is 5. The second-order valence-corrected chi connectivity index (χ2v) is 7.91. The van der Waals surface area contributed by atoms with E-state index in [-0.39, 0.29) is 58.2 Å². The van der Waals surface area contributed by atoms with E-state index >= 15 is 0 Å². The maximum absolute atomic E-state index is 13.0. The molecular formula is C20H19N3O6. The number of nitro groups is 1. The first-order valence-electron chi connectivity index (χ1n) is 9.46. The number of nitro benzene ring substituents is 1. The number of methoxy groups -OCH3 is 2. The fourth-order valence-electron chi connectivity index (χ4n) is 5.32. The molecule has 1 aliphatic heterocycles. The third-order valence-corrected chi connectivity index (χ3v) is 6.68. The Labute approximate surface area is 166 Å². The molecule has 0 unspecified atom stereocenters. The van der Waals surface area contributed by atoms with E-state index in [1.165, 1.54) is 32.6 Å². The molecular weight excluding hydrogens is 378 g/mol. The lowest BCUT2D eigenvalue weighted by atomic mass is 9.63. The van der Waals surface area contributed by atoms with E-state index in [1.54, 1.807) is 0 Å². The summed E-state index contributed by atoms with van der Waals surface area (Å²) in [6.45, 7) is 0. The monoisotopic (exact) mass is 397 g/mol. The number of ether oxygens (including phenoxy) is 2. The molecule has 0 radical (unpaired) electrons. The molecule has 1 heterocycles. The Morgan fingerprint density at radius 3 is 2.17 bits per heavy atom. The highest BCUT2D eigenvalue weighted by Crippen LogP contribution is 2.65. The number of benzene rings is 1. The molecule has 0 aromatic heterocycles. The molecule has 2 bridgehead atoms. The Kier molecular flexibility index (Phi) is 3.77. The molecule has 9 nitrogen and oxygen atoms in total. The predicted octanol–water partition coefficient (Wildman–Crippen LogP) is 2.00. The number of hydrazone groups is 1. The van der Waals surface area contributed by atoms with Crippen LogP contribution in [-0.2, 0) is 9.59 Å². The molecule has 6 rings (SSSR count). The fourth-order valence-corrected chi connectivity index (χ4v) is 5.32. The van der Waals surface area contributed by atoms with Crippen LogP contribution in [0, 0.1) is 45.6 Å². The number of allylic oxidation sites excluding steroid dienone is 2. The third-order valence-electron chi connectivity index (χ3n) is 6.68. The van der Waals surface area contributed by atoms with Gasteiger partial charge in [0.2, 0.25) is 5.75 Å². The first-order valence-corrected chi connectivity index (χ1v) is 9.46. The van der Waals surface area contributed by atoms with E-state index in [1.807, 2.05) is 0 Å². The van der Waals surface area contributed by atoms with Gasteiger partial charge in [0.25, 0.3) is 11.8 Å². The van der Waals surface area contributed by atoms with Crippen molar-refractivity contribution in [2.45, 2.75) is 6.42 Å². The molecule has 1 saturated heterocycles. The SMILES string of the molecule is COc1cc(OC)c([N+](=O)[O-])cc1/C=N\N1C(=O)[C@@H]2[C@H]3C=C[C@@H]([C@@H]4C[C@@H]34)[C@@H]2C1=O. The summed E-state index contributed by atoms with van der Waals surface area (Å²) >= 11 is 0. The first kappa shape index (κ1) is 17.8. The van der Waals surface area contributed by atoms with Gasteiger partial charge in [0.1, 0.15) is 5.75 Å². The maximum atomic E-state index is 13.0. The first-order chi connectivity index (χ1) is 14.0.